The molecule has 4 heteroatoms. The summed E-state index contributed by atoms with van der Waals surface area (Å²) >= 11 is 0. The smallest absolute Gasteiger partial charge is 0.119 e. The zero-order valence-electron chi connectivity index (χ0n) is 19.2. The number of rotatable bonds is 14. The number of nitrogens with one attached hydrogen (secondary N) is 1. The molecule has 0 fully saturated rings. The Morgan fingerprint density at radius 1 is 1.17 bits per heavy atom. The number of aryl methyl sites for hydroxylation is 3. The summed E-state index contributed by atoms with van der Waals surface area (Å²) in [6, 6.07) is 4.08. The number of hydrogen-bond acceptors (Lipinski definition) is 4. The Morgan fingerprint density at radius 3 is 2.40 bits per heavy atom. The van der Waals surface area contributed by atoms with Crippen LogP contribution in [0, 0.1) is 5.92 Å². The van der Waals surface area contributed by atoms with Crippen molar-refractivity contribution in [3.8, 4) is 5.75 Å². The first-order valence-corrected chi connectivity index (χ1v) is 11.2. The molecular weight excluding hydrogens is 374 g/mol. The van der Waals surface area contributed by atoms with Crippen molar-refractivity contribution in [2.75, 3.05) is 13.7 Å². The molecule has 30 heavy (non-hydrogen) atoms. The van der Waals surface area contributed by atoms with Gasteiger partial charge >= 0.3 is 0 Å². The molecule has 0 radical (unpaired) electrons. The molecule has 2 atom stereocenters. The molecule has 0 saturated carbocycles. The monoisotopic (exact) mass is 415 g/mol. The standard InChI is InChI=1S/C26H41NO3/c1-6-10-23-16-22(14-13-20(7-2)15-25(8-3)27-5)21(17-26(23)30)11-9-12-24(18-28)19(4)29/h7-8,15-17,19,24,27-30H,3,6,9-14,18H2,1-2,4-5H3/b20-7-,25-15+. The number of hydrogen-bond donors (Lipinski definition) is 4. The third-order valence-corrected chi connectivity index (χ3v) is 5.76. The number of allylic oxidation sites excluding steroid dienone is 4. The molecule has 1 aromatic carbocycles. The first-order valence-electron chi connectivity index (χ1n) is 11.2. The van der Waals surface area contributed by atoms with E-state index in [4.69, 9.17) is 0 Å². The SMILES string of the molecule is C=C/C(=C\C(=C/C)CCc1cc(CCC)c(O)cc1CCCC(CO)C(C)O)NC. The van der Waals surface area contributed by atoms with Gasteiger partial charge in [-0.05, 0) is 92.9 Å². The van der Waals surface area contributed by atoms with E-state index in [1.54, 1.807) is 6.92 Å². The summed E-state index contributed by atoms with van der Waals surface area (Å²) in [4.78, 5) is 0. The summed E-state index contributed by atoms with van der Waals surface area (Å²) in [6.45, 7) is 9.74. The van der Waals surface area contributed by atoms with Gasteiger partial charge in [-0.3, -0.25) is 0 Å². The van der Waals surface area contributed by atoms with Gasteiger partial charge in [-0.15, -0.1) is 0 Å². The quantitative estimate of drug-likeness (QED) is 0.329. The summed E-state index contributed by atoms with van der Waals surface area (Å²) in [5.74, 6) is 0.278. The third-order valence-electron chi connectivity index (χ3n) is 5.76. The van der Waals surface area contributed by atoms with Crippen LogP contribution in [0.2, 0.25) is 0 Å². The van der Waals surface area contributed by atoms with Gasteiger partial charge in [0.25, 0.3) is 0 Å². The van der Waals surface area contributed by atoms with Gasteiger partial charge in [0.1, 0.15) is 5.75 Å². The Hall–Kier alpha value is -2.04. The average molecular weight is 416 g/mol. The van der Waals surface area contributed by atoms with Crippen LogP contribution in [-0.4, -0.2) is 35.1 Å². The van der Waals surface area contributed by atoms with E-state index in [0.29, 0.717) is 5.75 Å². The Bertz CT molecular complexity index is 719. The molecule has 0 aromatic heterocycles. The van der Waals surface area contributed by atoms with Crippen LogP contribution in [0.25, 0.3) is 0 Å². The van der Waals surface area contributed by atoms with Crippen LogP contribution in [0.1, 0.15) is 63.1 Å². The summed E-state index contributed by atoms with van der Waals surface area (Å²) in [5.41, 5.74) is 5.67. The highest BCUT2D eigenvalue weighted by molar-refractivity contribution is 5.43. The maximum Gasteiger partial charge on any atom is 0.119 e. The molecule has 4 N–H and O–H groups in total. The van der Waals surface area contributed by atoms with E-state index in [1.807, 2.05) is 26.1 Å². The largest absolute Gasteiger partial charge is 0.508 e. The van der Waals surface area contributed by atoms with E-state index in [1.165, 1.54) is 11.1 Å². The number of aliphatic hydroxyl groups is 2. The maximum absolute atomic E-state index is 10.5. The van der Waals surface area contributed by atoms with Crippen LogP contribution in [0.4, 0.5) is 0 Å². The van der Waals surface area contributed by atoms with Crippen molar-refractivity contribution >= 4 is 0 Å². The highest BCUT2D eigenvalue weighted by Gasteiger charge is 2.15. The van der Waals surface area contributed by atoms with Gasteiger partial charge in [0.15, 0.2) is 0 Å². The summed E-state index contributed by atoms with van der Waals surface area (Å²) < 4.78 is 0. The number of phenols is 1. The lowest BCUT2D eigenvalue weighted by molar-refractivity contribution is 0.0746. The average Bonchev–Trinajstić information content (AvgIpc) is 2.73. The predicted octanol–water partition coefficient (Wildman–Crippen LogP) is 4.82. The first-order chi connectivity index (χ1) is 14.4. The summed E-state index contributed by atoms with van der Waals surface area (Å²) in [5, 5.41) is 32.8. The lowest BCUT2D eigenvalue weighted by atomic mass is 9.90. The number of aliphatic hydroxyl groups excluding tert-OH is 2. The Kier molecular flexibility index (Phi) is 12.2. The third kappa shape index (κ3) is 8.37. The van der Waals surface area contributed by atoms with Crippen molar-refractivity contribution in [1.82, 2.24) is 5.32 Å². The van der Waals surface area contributed by atoms with Crippen molar-refractivity contribution in [3.63, 3.8) is 0 Å². The molecule has 1 rings (SSSR count). The normalized spacial score (nSPS) is 14.5. The molecule has 0 aliphatic heterocycles. The molecule has 1 aromatic rings. The molecule has 0 aliphatic carbocycles. The zero-order chi connectivity index (χ0) is 22.5. The second-order valence-electron chi connectivity index (χ2n) is 7.99. The fourth-order valence-corrected chi connectivity index (χ4v) is 3.71. The number of benzene rings is 1. The van der Waals surface area contributed by atoms with Crippen molar-refractivity contribution in [3.05, 3.63) is 64.9 Å². The van der Waals surface area contributed by atoms with E-state index in [9.17, 15) is 15.3 Å². The number of aromatic hydroxyl groups is 1. The predicted molar refractivity (Wildman–Crippen MR) is 127 cm³/mol. The van der Waals surface area contributed by atoms with Gasteiger partial charge in [0, 0.05) is 25.3 Å². The molecule has 0 heterocycles. The minimum Gasteiger partial charge on any atom is -0.508 e. The molecule has 0 amide bonds. The molecular formula is C26H41NO3. The highest BCUT2D eigenvalue weighted by Crippen LogP contribution is 2.28. The number of phenolic OH excluding ortho intramolecular Hbond substituents is 1. The van der Waals surface area contributed by atoms with Gasteiger partial charge in [0.2, 0.25) is 0 Å². The second-order valence-corrected chi connectivity index (χ2v) is 7.99. The van der Waals surface area contributed by atoms with Crippen molar-refractivity contribution < 1.29 is 15.3 Å². The molecule has 2 unspecified atom stereocenters. The Labute approximate surface area is 183 Å². The van der Waals surface area contributed by atoms with E-state index < -0.39 is 6.10 Å². The van der Waals surface area contributed by atoms with Gasteiger partial charge in [0.05, 0.1) is 6.10 Å². The van der Waals surface area contributed by atoms with Crippen molar-refractivity contribution in [1.29, 1.82) is 0 Å². The zero-order valence-corrected chi connectivity index (χ0v) is 19.2. The molecule has 0 bridgehead atoms. The fraction of sp³-hybridized carbons (Fsp3) is 0.538. The van der Waals surface area contributed by atoms with Crippen LogP contribution in [-0.2, 0) is 19.3 Å². The summed E-state index contributed by atoms with van der Waals surface area (Å²) in [6.07, 6.45) is 11.7. The van der Waals surface area contributed by atoms with Gasteiger partial charge in [-0.2, -0.15) is 0 Å². The van der Waals surface area contributed by atoms with Gasteiger partial charge < -0.3 is 20.6 Å². The lowest BCUT2D eigenvalue weighted by Crippen LogP contribution is -2.20. The van der Waals surface area contributed by atoms with Crippen LogP contribution >= 0.6 is 0 Å². The van der Waals surface area contributed by atoms with E-state index >= 15 is 0 Å². The van der Waals surface area contributed by atoms with Gasteiger partial charge in [-0.1, -0.05) is 32.1 Å². The minimum absolute atomic E-state index is 0.000693. The van der Waals surface area contributed by atoms with Crippen LogP contribution in [0.5, 0.6) is 5.75 Å². The van der Waals surface area contributed by atoms with Crippen molar-refractivity contribution in [2.24, 2.45) is 5.92 Å². The number of likely N-dealkylation sites (N-methyl/N-ethyl adjacent to an activating group) is 1. The Balaban J connectivity index is 3.01. The maximum atomic E-state index is 10.5. The fourth-order valence-electron chi connectivity index (χ4n) is 3.71. The summed E-state index contributed by atoms with van der Waals surface area (Å²) in [7, 11) is 1.89. The topological polar surface area (TPSA) is 72.7 Å². The molecule has 0 saturated heterocycles. The van der Waals surface area contributed by atoms with Crippen LogP contribution < -0.4 is 5.32 Å². The van der Waals surface area contributed by atoms with Crippen LogP contribution in [0.15, 0.2) is 48.2 Å². The molecule has 0 aliphatic rings. The van der Waals surface area contributed by atoms with Crippen LogP contribution in [0.3, 0.4) is 0 Å². The second kappa shape index (κ2) is 14.1. The first kappa shape index (κ1) is 26.0. The lowest BCUT2D eigenvalue weighted by Gasteiger charge is -2.18. The molecule has 0 spiro atoms. The van der Waals surface area contributed by atoms with Crippen molar-refractivity contribution in [2.45, 2.75) is 71.8 Å². The minimum atomic E-state index is -0.509. The van der Waals surface area contributed by atoms with E-state index in [2.05, 4.69) is 37.0 Å². The van der Waals surface area contributed by atoms with Gasteiger partial charge in [-0.25, -0.2) is 0 Å². The highest BCUT2D eigenvalue weighted by atomic mass is 16.3. The molecule has 168 valence electrons. The Morgan fingerprint density at radius 2 is 1.87 bits per heavy atom. The van der Waals surface area contributed by atoms with E-state index in [0.717, 1.165) is 61.8 Å². The van der Waals surface area contributed by atoms with E-state index in [-0.39, 0.29) is 12.5 Å². The molecule has 4 nitrogen and oxygen atoms in total.